The van der Waals surface area contributed by atoms with Gasteiger partial charge in [-0.25, -0.2) is 8.78 Å². The van der Waals surface area contributed by atoms with Gasteiger partial charge in [-0.05, 0) is 50.3 Å². The highest BCUT2D eigenvalue weighted by molar-refractivity contribution is 7.99. The Bertz CT molecular complexity index is 389. The van der Waals surface area contributed by atoms with Gasteiger partial charge in [-0.2, -0.15) is 0 Å². The lowest BCUT2D eigenvalue weighted by molar-refractivity contribution is 0.154. The summed E-state index contributed by atoms with van der Waals surface area (Å²) in [5.41, 5.74) is -0.263. The molecule has 1 aromatic carbocycles. The summed E-state index contributed by atoms with van der Waals surface area (Å²) in [6.07, 6.45) is 2.47. The van der Waals surface area contributed by atoms with Crippen LogP contribution in [0.5, 0.6) is 0 Å². The molecule has 108 valence electrons. The van der Waals surface area contributed by atoms with Gasteiger partial charge >= 0.3 is 0 Å². The van der Waals surface area contributed by atoms with Gasteiger partial charge in [0.05, 0.1) is 6.61 Å². The molecule has 1 atom stereocenters. The third-order valence-corrected chi connectivity index (χ3v) is 4.58. The van der Waals surface area contributed by atoms with Crippen LogP contribution in [0, 0.1) is 11.6 Å². The number of rotatable bonds is 8. The van der Waals surface area contributed by atoms with Gasteiger partial charge in [0, 0.05) is 10.4 Å². The Morgan fingerprint density at radius 3 is 2.68 bits per heavy atom. The van der Waals surface area contributed by atoms with Crippen LogP contribution in [0.1, 0.15) is 26.2 Å². The highest BCUT2D eigenvalue weighted by Gasteiger charge is 2.24. The molecular weight excluding hydrogens is 268 g/mol. The van der Waals surface area contributed by atoms with Gasteiger partial charge in [0.25, 0.3) is 0 Å². The summed E-state index contributed by atoms with van der Waals surface area (Å²) in [6.45, 7) is 2.10. The molecule has 0 aliphatic carbocycles. The molecule has 0 heterocycles. The molecule has 0 aliphatic heterocycles. The molecule has 19 heavy (non-hydrogen) atoms. The molecular formula is C14H21F2NOS. The van der Waals surface area contributed by atoms with Crippen LogP contribution in [0.3, 0.4) is 0 Å². The molecule has 0 fully saturated rings. The molecule has 0 saturated carbocycles. The number of benzene rings is 1. The van der Waals surface area contributed by atoms with Crippen molar-refractivity contribution in [3.8, 4) is 0 Å². The Morgan fingerprint density at radius 1 is 1.37 bits per heavy atom. The third kappa shape index (κ3) is 4.75. The summed E-state index contributed by atoms with van der Waals surface area (Å²) >= 11 is 1.31. The third-order valence-electron chi connectivity index (χ3n) is 3.46. The van der Waals surface area contributed by atoms with Crippen LogP contribution < -0.4 is 5.32 Å². The quantitative estimate of drug-likeness (QED) is 0.569. The summed E-state index contributed by atoms with van der Waals surface area (Å²) in [5.74, 6) is -0.106. The molecule has 0 radical (unpaired) electrons. The van der Waals surface area contributed by atoms with E-state index in [4.69, 9.17) is 0 Å². The first-order valence-corrected chi connectivity index (χ1v) is 7.43. The van der Waals surface area contributed by atoms with Crippen molar-refractivity contribution < 1.29 is 13.9 Å². The summed E-state index contributed by atoms with van der Waals surface area (Å²) in [4.78, 5) is 0.343. The van der Waals surface area contributed by atoms with Crippen LogP contribution in [0.25, 0.3) is 0 Å². The van der Waals surface area contributed by atoms with Crippen LogP contribution >= 0.6 is 11.8 Å². The lowest BCUT2D eigenvalue weighted by Crippen LogP contribution is -2.45. The van der Waals surface area contributed by atoms with E-state index in [2.05, 4.69) is 5.32 Å². The molecule has 0 aromatic heterocycles. The van der Waals surface area contributed by atoms with E-state index in [-0.39, 0.29) is 18.0 Å². The minimum atomic E-state index is -0.419. The number of nitrogens with one attached hydrogen (secondary N) is 1. The second-order valence-corrected chi connectivity index (χ2v) is 5.71. The molecule has 0 saturated heterocycles. The van der Waals surface area contributed by atoms with Gasteiger partial charge in [-0.3, -0.25) is 0 Å². The molecule has 1 rings (SSSR count). The van der Waals surface area contributed by atoms with E-state index in [0.29, 0.717) is 10.6 Å². The second kappa shape index (κ2) is 7.82. The van der Waals surface area contributed by atoms with E-state index >= 15 is 0 Å². The fraction of sp³-hybridized carbons (Fsp3) is 0.571. The van der Waals surface area contributed by atoms with Crippen molar-refractivity contribution in [3.05, 3.63) is 29.8 Å². The second-order valence-electron chi connectivity index (χ2n) is 4.57. The minimum Gasteiger partial charge on any atom is -0.394 e. The number of halogens is 2. The van der Waals surface area contributed by atoms with Crippen molar-refractivity contribution in [2.24, 2.45) is 0 Å². The van der Waals surface area contributed by atoms with Gasteiger partial charge in [-0.1, -0.05) is 6.92 Å². The Labute approximate surface area is 117 Å². The van der Waals surface area contributed by atoms with Crippen molar-refractivity contribution >= 4 is 11.8 Å². The zero-order chi connectivity index (χ0) is 14.3. The van der Waals surface area contributed by atoms with Crippen LogP contribution in [0.4, 0.5) is 8.78 Å². The number of hydrogen-bond donors (Lipinski definition) is 2. The lowest BCUT2D eigenvalue weighted by Gasteiger charge is -2.30. The summed E-state index contributed by atoms with van der Waals surface area (Å²) in [5, 5.41) is 12.5. The standard InChI is InChI=1S/C14H21F2NOS/c1-3-14(10-18,17-2)7-4-8-19-13-9-11(15)5-6-12(13)16/h5-6,9,17-18H,3-4,7-8,10H2,1-2H3. The van der Waals surface area contributed by atoms with Crippen molar-refractivity contribution in [1.82, 2.24) is 5.32 Å². The normalized spacial score (nSPS) is 14.4. The van der Waals surface area contributed by atoms with Crippen LogP contribution in [-0.4, -0.2) is 30.1 Å². The maximum absolute atomic E-state index is 13.4. The Kier molecular flexibility index (Phi) is 6.75. The molecule has 2 N–H and O–H groups in total. The maximum Gasteiger partial charge on any atom is 0.136 e. The molecule has 0 bridgehead atoms. The van der Waals surface area contributed by atoms with Gasteiger partial charge < -0.3 is 10.4 Å². The summed E-state index contributed by atoms with van der Waals surface area (Å²) in [7, 11) is 1.83. The van der Waals surface area contributed by atoms with Gasteiger partial charge in [0.2, 0.25) is 0 Å². The predicted octanol–water partition coefficient (Wildman–Crippen LogP) is 3.20. The zero-order valence-electron chi connectivity index (χ0n) is 11.4. The fourth-order valence-corrected chi connectivity index (χ4v) is 2.84. The predicted molar refractivity (Wildman–Crippen MR) is 75.5 cm³/mol. The summed E-state index contributed by atoms with van der Waals surface area (Å²) in [6, 6.07) is 3.49. The maximum atomic E-state index is 13.4. The van der Waals surface area contributed by atoms with Crippen LogP contribution in [0.15, 0.2) is 23.1 Å². The molecule has 1 unspecified atom stereocenters. The topological polar surface area (TPSA) is 32.3 Å². The average Bonchev–Trinajstić information content (AvgIpc) is 2.43. The Balaban J connectivity index is 2.44. The smallest absolute Gasteiger partial charge is 0.136 e. The number of aliphatic hydroxyl groups is 1. The average molecular weight is 289 g/mol. The number of hydrogen-bond acceptors (Lipinski definition) is 3. The highest BCUT2D eigenvalue weighted by atomic mass is 32.2. The van der Waals surface area contributed by atoms with E-state index in [1.165, 1.54) is 17.8 Å². The fourth-order valence-electron chi connectivity index (χ4n) is 1.93. The van der Waals surface area contributed by atoms with E-state index < -0.39 is 5.82 Å². The van der Waals surface area contributed by atoms with Gasteiger partial charge in [0.1, 0.15) is 11.6 Å². The number of likely N-dealkylation sites (N-methyl/N-ethyl adjacent to an activating group) is 1. The van der Waals surface area contributed by atoms with Crippen LogP contribution in [-0.2, 0) is 0 Å². The number of thioether (sulfide) groups is 1. The molecule has 2 nitrogen and oxygen atoms in total. The first-order chi connectivity index (χ1) is 9.06. The van der Waals surface area contributed by atoms with Crippen LogP contribution in [0.2, 0.25) is 0 Å². The lowest BCUT2D eigenvalue weighted by atomic mass is 9.92. The summed E-state index contributed by atoms with van der Waals surface area (Å²) < 4.78 is 26.4. The van der Waals surface area contributed by atoms with Crippen molar-refractivity contribution in [2.45, 2.75) is 36.6 Å². The monoisotopic (exact) mass is 289 g/mol. The van der Waals surface area contributed by atoms with E-state index in [1.807, 2.05) is 14.0 Å². The molecule has 0 amide bonds. The number of aliphatic hydroxyl groups excluding tert-OH is 1. The van der Waals surface area contributed by atoms with Crippen molar-refractivity contribution in [3.63, 3.8) is 0 Å². The van der Waals surface area contributed by atoms with E-state index in [0.717, 1.165) is 31.4 Å². The first-order valence-electron chi connectivity index (χ1n) is 6.44. The van der Waals surface area contributed by atoms with E-state index in [9.17, 15) is 13.9 Å². The molecule has 0 aliphatic rings. The Morgan fingerprint density at radius 2 is 2.11 bits per heavy atom. The first kappa shape index (κ1) is 16.4. The molecule has 0 spiro atoms. The molecule has 1 aromatic rings. The molecule has 5 heteroatoms. The SMILES string of the molecule is CCC(CO)(CCCSc1cc(F)ccc1F)NC. The van der Waals surface area contributed by atoms with Gasteiger partial charge in [0.15, 0.2) is 0 Å². The van der Waals surface area contributed by atoms with Gasteiger partial charge in [-0.15, -0.1) is 11.8 Å². The zero-order valence-corrected chi connectivity index (χ0v) is 12.2. The largest absolute Gasteiger partial charge is 0.394 e. The van der Waals surface area contributed by atoms with Crippen molar-refractivity contribution in [1.29, 1.82) is 0 Å². The minimum absolute atomic E-state index is 0.0823. The highest BCUT2D eigenvalue weighted by Crippen LogP contribution is 2.25. The van der Waals surface area contributed by atoms with Crippen molar-refractivity contribution in [2.75, 3.05) is 19.4 Å². The Hall–Kier alpha value is -0.650. The van der Waals surface area contributed by atoms with E-state index in [1.54, 1.807) is 0 Å².